The van der Waals surface area contributed by atoms with Crippen LogP contribution in [0.15, 0.2) is 23.8 Å². The lowest BCUT2D eigenvalue weighted by molar-refractivity contribution is 0.0233. The zero-order chi connectivity index (χ0) is 20.5. The first-order valence-electron chi connectivity index (χ1n) is 11.8. The van der Waals surface area contributed by atoms with Crippen LogP contribution in [0.25, 0.3) is 0 Å². The zero-order valence-electron chi connectivity index (χ0n) is 18.2. The van der Waals surface area contributed by atoms with Gasteiger partial charge in [-0.25, -0.2) is 0 Å². The molecule has 3 fully saturated rings. The molecule has 0 aromatic heterocycles. The van der Waals surface area contributed by atoms with E-state index in [0.717, 1.165) is 71.6 Å². The molecule has 3 aliphatic rings. The molecule has 2 aliphatic carbocycles. The second-order valence-corrected chi connectivity index (χ2v) is 9.05. The maximum absolute atomic E-state index is 10.5. The molecular formula is C24H41NO4. The van der Waals surface area contributed by atoms with Gasteiger partial charge < -0.3 is 19.7 Å². The minimum Gasteiger partial charge on any atom is -0.392 e. The van der Waals surface area contributed by atoms with E-state index in [-0.39, 0.29) is 18.1 Å². The number of aliphatic hydroxyl groups is 2. The molecule has 0 bridgehead atoms. The first-order valence-corrected chi connectivity index (χ1v) is 11.8. The predicted molar refractivity (Wildman–Crippen MR) is 116 cm³/mol. The summed E-state index contributed by atoms with van der Waals surface area (Å²) in [6.07, 6.45) is 13.0. The van der Waals surface area contributed by atoms with Gasteiger partial charge in [-0.3, -0.25) is 4.90 Å². The van der Waals surface area contributed by atoms with E-state index in [4.69, 9.17) is 9.47 Å². The minimum atomic E-state index is -0.371. The van der Waals surface area contributed by atoms with Crippen molar-refractivity contribution >= 4 is 0 Å². The van der Waals surface area contributed by atoms with Gasteiger partial charge in [-0.1, -0.05) is 50.0 Å². The Morgan fingerprint density at radius 2 is 2.07 bits per heavy atom. The molecule has 3 rings (SSSR count). The van der Waals surface area contributed by atoms with Crippen molar-refractivity contribution in [2.24, 2.45) is 17.8 Å². The van der Waals surface area contributed by atoms with Crippen molar-refractivity contribution in [3.63, 3.8) is 0 Å². The Kier molecular flexibility index (Phi) is 9.67. The van der Waals surface area contributed by atoms with Gasteiger partial charge in [-0.15, -0.1) is 0 Å². The molecule has 166 valence electrons. The summed E-state index contributed by atoms with van der Waals surface area (Å²) in [5.41, 5.74) is 1.49. The van der Waals surface area contributed by atoms with E-state index in [1.165, 1.54) is 18.4 Å². The Balaban J connectivity index is 1.38. The topological polar surface area (TPSA) is 62.2 Å². The molecule has 1 aliphatic heterocycles. The smallest absolute Gasteiger partial charge is 0.0721 e. The molecule has 0 unspecified atom stereocenters. The molecule has 29 heavy (non-hydrogen) atoms. The van der Waals surface area contributed by atoms with Crippen LogP contribution in [-0.2, 0) is 9.47 Å². The van der Waals surface area contributed by atoms with E-state index >= 15 is 0 Å². The lowest BCUT2D eigenvalue weighted by Crippen LogP contribution is -2.38. The molecular weight excluding hydrogens is 366 g/mol. The normalized spacial score (nSPS) is 33.0. The quantitative estimate of drug-likeness (QED) is 0.407. The van der Waals surface area contributed by atoms with Crippen molar-refractivity contribution in [2.75, 3.05) is 46.1 Å². The second kappa shape index (κ2) is 12.2. The summed E-state index contributed by atoms with van der Waals surface area (Å²) in [5, 5.41) is 20.7. The van der Waals surface area contributed by atoms with Gasteiger partial charge in [0.05, 0.1) is 38.6 Å². The number of rotatable bonds is 11. The van der Waals surface area contributed by atoms with Crippen LogP contribution < -0.4 is 0 Å². The number of nitrogens with zero attached hydrogens (tertiary/aromatic N) is 1. The Bertz CT molecular complexity index is 529. The third kappa shape index (κ3) is 7.18. The fourth-order valence-corrected chi connectivity index (χ4v) is 5.17. The summed E-state index contributed by atoms with van der Waals surface area (Å²) in [5.74, 6) is 1.29. The number of hydrogen-bond acceptors (Lipinski definition) is 5. The number of fused-ring (bicyclic) bond motifs is 1. The van der Waals surface area contributed by atoms with Crippen molar-refractivity contribution in [3.05, 3.63) is 23.8 Å². The van der Waals surface area contributed by atoms with Gasteiger partial charge >= 0.3 is 0 Å². The molecule has 5 heteroatoms. The third-order valence-electron chi connectivity index (χ3n) is 6.92. The van der Waals surface area contributed by atoms with E-state index in [1.54, 1.807) is 0 Å². The summed E-state index contributed by atoms with van der Waals surface area (Å²) in [6, 6.07) is 0. The molecule has 0 aromatic rings. The molecule has 5 nitrogen and oxygen atoms in total. The number of ether oxygens (including phenoxy) is 2. The molecule has 1 saturated heterocycles. The maximum Gasteiger partial charge on any atom is 0.0721 e. The van der Waals surface area contributed by atoms with Gasteiger partial charge in [0, 0.05) is 25.6 Å². The predicted octanol–water partition coefficient (Wildman–Crippen LogP) is 3.17. The summed E-state index contributed by atoms with van der Waals surface area (Å²) < 4.78 is 11.2. The Labute approximate surface area is 176 Å². The third-order valence-corrected chi connectivity index (χ3v) is 6.92. The van der Waals surface area contributed by atoms with Crippen molar-refractivity contribution in [2.45, 2.75) is 64.1 Å². The monoisotopic (exact) mass is 407 g/mol. The lowest BCUT2D eigenvalue weighted by Gasteiger charge is -2.26. The Morgan fingerprint density at radius 3 is 2.86 bits per heavy atom. The summed E-state index contributed by atoms with van der Waals surface area (Å²) in [6.45, 7) is 8.33. The number of allylic oxidation sites excluding steroid dienone is 1. The average Bonchev–Trinajstić information content (AvgIpc) is 3.23. The van der Waals surface area contributed by atoms with Crippen LogP contribution in [0, 0.1) is 17.8 Å². The van der Waals surface area contributed by atoms with Crippen molar-refractivity contribution in [1.82, 2.24) is 4.90 Å². The van der Waals surface area contributed by atoms with Crippen LogP contribution >= 0.6 is 0 Å². The van der Waals surface area contributed by atoms with E-state index in [9.17, 15) is 10.2 Å². The Morgan fingerprint density at radius 1 is 1.24 bits per heavy atom. The van der Waals surface area contributed by atoms with Gasteiger partial charge in [-0.05, 0) is 37.5 Å². The minimum absolute atomic E-state index is 0.189. The van der Waals surface area contributed by atoms with Crippen molar-refractivity contribution in [1.29, 1.82) is 0 Å². The Hall–Kier alpha value is -0.720. The van der Waals surface area contributed by atoms with Crippen LogP contribution in [0.2, 0.25) is 0 Å². The summed E-state index contributed by atoms with van der Waals surface area (Å²) in [7, 11) is 0. The molecule has 2 N–H and O–H groups in total. The highest BCUT2D eigenvalue weighted by Gasteiger charge is 2.44. The SMILES string of the molecule is CCCCC[C@H](O)/C=C/[C@@H]1[C@H]2CC(=CCOCCN3CCOCC3)C[C@H]2C[C@H]1O. The number of hydrogen-bond donors (Lipinski definition) is 2. The van der Waals surface area contributed by atoms with Crippen LogP contribution in [0.5, 0.6) is 0 Å². The highest BCUT2D eigenvalue weighted by molar-refractivity contribution is 5.18. The van der Waals surface area contributed by atoms with E-state index < -0.39 is 0 Å². The van der Waals surface area contributed by atoms with Gasteiger partial charge in [0.15, 0.2) is 0 Å². The first-order chi connectivity index (χ1) is 14.2. The number of aliphatic hydroxyl groups excluding tert-OH is 2. The summed E-state index contributed by atoms with van der Waals surface area (Å²) in [4.78, 5) is 2.39. The first kappa shape index (κ1) is 23.0. The molecule has 5 atom stereocenters. The summed E-state index contributed by atoms with van der Waals surface area (Å²) >= 11 is 0. The highest BCUT2D eigenvalue weighted by atomic mass is 16.5. The van der Waals surface area contributed by atoms with E-state index in [2.05, 4.69) is 24.0 Å². The average molecular weight is 408 g/mol. The fourth-order valence-electron chi connectivity index (χ4n) is 5.17. The molecule has 0 spiro atoms. The molecule has 0 amide bonds. The second-order valence-electron chi connectivity index (χ2n) is 9.05. The van der Waals surface area contributed by atoms with Crippen molar-refractivity contribution in [3.8, 4) is 0 Å². The lowest BCUT2D eigenvalue weighted by atomic mass is 9.90. The zero-order valence-corrected chi connectivity index (χ0v) is 18.2. The largest absolute Gasteiger partial charge is 0.392 e. The van der Waals surface area contributed by atoms with E-state index in [0.29, 0.717) is 18.4 Å². The van der Waals surface area contributed by atoms with Gasteiger partial charge in [0.25, 0.3) is 0 Å². The standard InChI is InChI=1S/C24H41NO4/c1-2-3-4-5-21(26)6-7-22-23-17-19(16-20(23)18-24(22)27)8-12-28-13-9-25-10-14-29-15-11-25/h6-8,20-24,26-27H,2-5,9-18H2,1H3/b7-6+,19-8?/t20-,21-,22+,23-,24+/m0/s1. The van der Waals surface area contributed by atoms with Gasteiger partial charge in [0.2, 0.25) is 0 Å². The fraction of sp³-hybridized carbons (Fsp3) is 0.833. The van der Waals surface area contributed by atoms with Crippen LogP contribution in [0.1, 0.15) is 51.9 Å². The van der Waals surface area contributed by atoms with Gasteiger partial charge in [-0.2, -0.15) is 0 Å². The number of unbranched alkanes of at least 4 members (excludes halogenated alkanes) is 2. The molecule has 2 saturated carbocycles. The van der Waals surface area contributed by atoms with Crippen LogP contribution in [0.4, 0.5) is 0 Å². The van der Waals surface area contributed by atoms with Crippen LogP contribution in [-0.4, -0.2) is 73.4 Å². The van der Waals surface area contributed by atoms with Crippen molar-refractivity contribution < 1.29 is 19.7 Å². The maximum atomic E-state index is 10.5. The van der Waals surface area contributed by atoms with Crippen LogP contribution in [0.3, 0.4) is 0 Å². The van der Waals surface area contributed by atoms with Gasteiger partial charge in [0.1, 0.15) is 0 Å². The molecule has 0 aromatic carbocycles. The molecule has 0 radical (unpaired) electrons. The van der Waals surface area contributed by atoms with E-state index in [1.807, 2.05) is 6.08 Å². The number of morpholine rings is 1. The highest BCUT2D eigenvalue weighted by Crippen LogP contribution is 2.50. The molecule has 1 heterocycles.